The molecule has 1 aliphatic heterocycles. The second-order valence-electron chi connectivity index (χ2n) is 8.76. The van der Waals surface area contributed by atoms with Crippen molar-refractivity contribution in [3.63, 3.8) is 0 Å². The molecule has 0 unspecified atom stereocenters. The summed E-state index contributed by atoms with van der Waals surface area (Å²) in [7, 11) is 1.65. The molecule has 28 heavy (non-hydrogen) atoms. The maximum atomic E-state index is 12.8. The van der Waals surface area contributed by atoms with Crippen LogP contribution in [0.2, 0.25) is 0 Å². The van der Waals surface area contributed by atoms with Crippen LogP contribution in [0.5, 0.6) is 5.75 Å². The van der Waals surface area contributed by atoms with Crippen molar-refractivity contribution in [3.05, 3.63) is 24.3 Å². The minimum atomic E-state index is -0.687. The molecule has 2 aliphatic rings. The second kappa shape index (κ2) is 9.75. The van der Waals surface area contributed by atoms with Gasteiger partial charge in [0.15, 0.2) is 0 Å². The van der Waals surface area contributed by atoms with E-state index in [0.29, 0.717) is 12.5 Å². The van der Waals surface area contributed by atoms with E-state index in [9.17, 15) is 4.79 Å². The molecular formula is C23H36N2O3. The lowest BCUT2D eigenvalue weighted by Crippen LogP contribution is -2.47. The van der Waals surface area contributed by atoms with Crippen LogP contribution in [0.4, 0.5) is 5.69 Å². The molecular weight excluding hydrogens is 352 g/mol. The van der Waals surface area contributed by atoms with Crippen molar-refractivity contribution in [2.45, 2.75) is 58.0 Å². The summed E-state index contributed by atoms with van der Waals surface area (Å²) >= 11 is 0. The number of hydrogen-bond donors (Lipinski definition) is 1. The topological polar surface area (TPSA) is 50.8 Å². The Labute approximate surface area is 169 Å². The molecule has 156 valence electrons. The van der Waals surface area contributed by atoms with Crippen LogP contribution in [0, 0.1) is 11.8 Å². The first-order valence-corrected chi connectivity index (χ1v) is 10.8. The van der Waals surface area contributed by atoms with Gasteiger partial charge in [0.05, 0.1) is 0 Å². The molecule has 2 fully saturated rings. The number of ether oxygens (including phenoxy) is 2. The van der Waals surface area contributed by atoms with E-state index in [4.69, 9.17) is 9.47 Å². The number of amides is 1. The number of carbonyl (C=O) groups is 1. The molecule has 0 bridgehead atoms. The van der Waals surface area contributed by atoms with Crippen LogP contribution in [0.25, 0.3) is 0 Å². The van der Waals surface area contributed by atoms with Crippen molar-refractivity contribution in [1.29, 1.82) is 0 Å². The fourth-order valence-electron chi connectivity index (χ4n) is 4.41. The largest absolute Gasteiger partial charge is 0.492 e. The van der Waals surface area contributed by atoms with Gasteiger partial charge in [-0.25, -0.2) is 0 Å². The predicted molar refractivity (Wildman–Crippen MR) is 113 cm³/mol. The SMILES string of the molecule is COC1(C(=O)Nc2ccc(OCCN3CCC[C@H](C)C3)cc2)CCC(C)CC1. The highest BCUT2D eigenvalue weighted by atomic mass is 16.5. The minimum absolute atomic E-state index is 0.0326. The van der Waals surface area contributed by atoms with Gasteiger partial charge in [-0.1, -0.05) is 13.8 Å². The quantitative estimate of drug-likeness (QED) is 0.755. The average Bonchev–Trinajstić information content (AvgIpc) is 2.70. The summed E-state index contributed by atoms with van der Waals surface area (Å²) in [4.78, 5) is 15.3. The van der Waals surface area contributed by atoms with Gasteiger partial charge in [0, 0.05) is 25.9 Å². The van der Waals surface area contributed by atoms with Crippen LogP contribution in [0.1, 0.15) is 52.4 Å². The minimum Gasteiger partial charge on any atom is -0.492 e. The maximum Gasteiger partial charge on any atom is 0.256 e. The Morgan fingerprint density at radius 2 is 1.86 bits per heavy atom. The molecule has 1 aromatic carbocycles. The molecule has 1 saturated carbocycles. The number of rotatable bonds is 7. The van der Waals surface area contributed by atoms with E-state index in [0.717, 1.165) is 49.6 Å². The second-order valence-corrected chi connectivity index (χ2v) is 8.76. The lowest BCUT2D eigenvalue weighted by Gasteiger charge is -2.36. The molecule has 1 aromatic rings. The molecule has 0 spiro atoms. The summed E-state index contributed by atoms with van der Waals surface area (Å²) in [5.74, 6) is 2.27. The first kappa shape index (κ1) is 21.1. The Morgan fingerprint density at radius 1 is 1.14 bits per heavy atom. The summed E-state index contributed by atoms with van der Waals surface area (Å²) < 4.78 is 11.6. The van der Waals surface area contributed by atoms with Gasteiger partial charge in [-0.05, 0) is 81.2 Å². The number of nitrogens with one attached hydrogen (secondary N) is 1. The number of anilines is 1. The Bertz CT molecular complexity index is 623. The normalized spacial score (nSPS) is 28.7. The molecule has 5 heteroatoms. The third-order valence-electron chi connectivity index (χ3n) is 6.42. The zero-order valence-electron chi connectivity index (χ0n) is 17.7. The van der Waals surface area contributed by atoms with Gasteiger partial charge in [-0.15, -0.1) is 0 Å². The smallest absolute Gasteiger partial charge is 0.256 e. The third kappa shape index (κ3) is 5.48. The number of carbonyl (C=O) groups excluding carboxylic acids is 1. The molecule has 1 saturated heterocycles. The van der Waals surface area contributed by atoms with E-state index in [1.807, 2.05) is 24.3 Å². The summed E-state index contributed by atoms with van der Waals surface area (Å²) in [6, 6.07) is 7.67. The molecule has 0 radical (unpaired) electrons. The summed E-state index contributed by atoms with van der Waals surface area (Å²) in [6.07, 6.45) is 6.26. The Balaban J connectivity index is 1.46. The van der Waals surface area contributed by atoms with Crippen molar-refractivity contribution in [2.24, 2.45) is 11.8 Å². The van der Waals surface area contributed by atoms with Gasteiger partial charge in [0.1, 0.15) is 18.0 Å². The number of likely N-dealkylation sites (tertiary alicyclic amines) is 1. The van der Waals surface area contributed by atoms with Crippen molar-refractivity contribution in [2.75, 3.05) is 38.7 Å². The first-order valence-electron chi connectivity index (χ1n) is 10.8. The van der Waals surface area contributed by atoms with Gasteiger partial charge in [0.25, 0.3) is 5.91 Å². The fourth-order valence-corrected chi connectivity index (χ4v) is 4.41. The summed E-state index contributed by atoms with van der Waals surface area (Å²) in [6.45, 7) is 8.58. The number of hydrogen-bond acceptors (Lipinski definition) is 4. The summed E-state index contributed by atoms with van der Waals surface area (Å²) in [5.41, 5.74) is 0.102. The van der Waals surface area contributed by atoms with E-state index in [-0.39, 0.29) is 5.91 Å². The van der Waals surface area contributed by atoms with E-state index in [2.05, 4.69) is 24.1 Å². The lowest BCUT2D eigenvalue weighted by molar-refractivity contribution is -0.142. The number of methoxy groups -OCH3 is 1. The summed E-state index contributed by atoms with van der Waals surface area (Å²) in [5, 5.41) is 3.03. The van der Waals surface area contributed by atoms with Crippen molar-refractivity contribution in [3.8, 4) is 5.75 Å². The number of piperidine rings is 1. The van der Waals surface area contributed by atoms with Crippen LogP contribution < -0.4 is 10.1 Å². The molecule has 1 amide bonds. The molecule has 0 aromatic heterocycles. The third-order valence-corrected chi connectivity index (χ3v) is 6.42. The highest BCUT2D eigenvalue weighted by Crippen LogP contribution is 2.35. The molecule has 1 N–H and O–H groups in total. The molecule has 1 aliphatic carbocycles. The number of benzene rings is 1. The van der Waals surface area contributed by atoms with E-state index in [1.54, 1.807) is 7.11 Å². The van der Waals surface area contributed by atoms with E-state index >= 15 is 0 Å². The van der Waals surface area contributed by atoms with Crippen molar-refractivity contribution < 1.29 is 14.3 Å². The van der Waals surface area contributed by atoms with E-state index in [1.165, 1.54) is 25.9 Å². The van der Waals surface area contributed by atoms with Crippen LogP contribution in [0.15, 0.2) is 24.3 Å². The predicted octanol–water partition coefficient (Wildman–Crippen LogP) is 4.33. The fraction of sp³-hybridized carbons (Fsp3) is 0.696. The van der Waals surface area contributed by atoms with Gasteiger partial charge in [-0.3, -0.25) is 9.69 Å². The molecule has 3 rings (SSSR count). The molecule has 5 nitrogen and oxygen atoms in total. The van der Waals surface area contributed by atoms with Crippen LogP contribution >= 0.6 is 0 Å². The number of nitrogens with zero attached hydrogens (tertiary/aromatic N) is 1. The maximum absolute atomic E-state index is 12.8. The van der Waals surface area contributed by atoms with Gasteiger partial charge < -0.3 is 14.8 Å². The highest BCUT2D eigenvalue weighted by Gasteiger charge is 2.41. The van der Waals surface area contributed by atoms with Gasteiger partial charge in [0.2, 0.25) is 0 Å². The highest BCUT2D eigenvalue weighted by molar-refractivity contribution is 5.97. The van der Waals surface area contributed by atoms with Gasteiger partial charge >= 0.3 is 0 Å². The van der Waals surface area contributed by atoms with Crippen molar-refractivity contribution >= 4 is 11.6 Å². The average molecular weight is 389 g/mol. The lowest BCUT2D eigenvalue weighted by atomic mass is 9.79. The molecule has 1 heterocycles. The monoisotopic (exact) mass is 388 g/mol. The Kier molecular flexibility index (Phi) is 7.36. The first-order chi connectivity index (χ1) is 13.5. The Hall–Kier alpha value is -1.59. The van der Waals surface area contributed by atoms with Gasteiger partial charge in [-0.2, -0.15) is 0 Å². The van der Waals surface area contributed by atoms with Crippen LogP contribution in [-0.2, 0) is 9.53 Å². The zero-order valence-corrected chi connectivity index (χ0v) is 17.7. The van der Waals surface area contributed by atoms with Crippen molar-refractivity contribution in [1.82, 2.24) is 4.90 Å². The standard InChI is InChI=1S/C23H36N2O3/c1-18-10-12-23(27-3,13-11-18)22(26)24-20-6-8-21(9-7-20)28-16-15-25-14-4-5-19(2)17-25/h6-9,18-19H,4-5,10-17H2,1-3H3,(H,24,26)/t18?,19-,23?/m0/s1. The zero-order chi connectivity index (χ0) is 20.0. The Morgan fingerprint density at radius 3 is 2.50 bits per heavy atom. The van der Waals surface area contributed by atoms with Crippen LogP contribution in [-0.4, -0.2) is 49.8 Å². The van der Waals surface area contributed by atoms with Crippen LogP contribution in [0.3, 0.4) is 0 Å². The van der Waals surface area contributed by atoms with E-state index < -0.39 is 5.60 Å². The molecule has 1 atom stereocenters.